The predicted molar refractivity (Wildman–Crippen MR) is 249 cm³/mol. The van der Waals surface area contributed by atoms with Crippen LogP contribution in [0.5, 0.6) is 0 Å². The molecule has 0 fully saturated rings. The van der Waals surface area contributed by atoms with Crippen molar-refractivity contribution >= 4 is 39.0 Å². The van der Waals surface area contributed by atoms with E-state index in [0.29, 0.717) is 0 Å². The first kappa shape index (κ1) is 34.6. The van der Waals surface area contributed by atoms with Gasteiger partial charge in [0.1, 0.15) is 11.2 Å². The maximum Gasteiger partial charge on any atom is 0.143 e. The molecular formula is C58H41NO. The van der Waals surface area contributed by atoms with Crippen molar-refractivity contribution in [2.75, 3.05) is 4.90 Å². The maximum atomic E-state index is 6.76. The van der Waals surface area contributed by atoms with Crippen molar-refractivity contribution in [1.82, 2.24) is 0 Å². The number of nitrogens with zero attached hydrogens (tertiary/aromatic N) is 1. The van der Waals surface area contributed by atoms with Gasteiger partial charge in [-0.2, -0.15) is 0 Å². The molecule has 1 heterocycles. The molecule has 1 aromatic heterocycles. The number of para-hydroxylation sites is 1. The Morgan fingerprint density at radius 3 is 1.72 bits per heavy atom. The third-order valence-corrected chi connectivity index (χ3v) is 13.4. The molecule has 0 saturated carbocycles. The zero-order chi connectivity index (χ0) is 40.0. The molecule has 0 amide bonds. The summed E-state index contributed by atoms with van der Waals surface area (Å²) in [6.45, 7) is 4.71. The largest absolute Gasteiger partial charge is 0.455 e. The van der Waals surface area contributed by atoms with Gasteiger partial charge in [-0.25, -0.2) is 0 Å². The van der Waals surface area contributed by atoms with Crippen LogP contribution in [0.1, 0.15) is 47.2 Å². The lowest BCUT2D eigenvalue weighted by atomic mass is 9.67. The van der Waals surface area contributed by atoms with Crippen molar-refractivity contribution < 1.29 is 4.42 Å². The highest BCUT2D eigenvalue weighted by molar-refractivity contribution is 6.12. The number of rotatable bonds is 6. The molecule has 2 aliphatic carbocycles. The van der Waals surface area contributed by atoms with Gasteiger partial charge in [-0.3, -0.25) is 0 Å². The maximum absolute atomic E-state index is 6.76. The zero-order valence-corrected chi connectivity index (χ0v) is 33.6. The topological polar surface area (TPSA) is 16.4 Å². The molecule has 0 spiro atoms. The number of fused-ring (bicyclic) bond motifs is 10. The fraction of sp³-hybridized carbons (Fsp3) is 0.0690. The van der Waals surface area contributed by atoms with Crippen LogP contribution in [0.3, 0.4) is 0 Å². The molecule has 284 valence electrons. The number of hydrogen-bond donors (Lipinski definition) is 0. The van der Waals surface area contributed by atoms with Crippen molar-refractivity contribution in [2.45, 2.75) is 24.7 Å². The number of hydrogen-bond acceptors (Lipinski definition) is 2. The Hall–Kier alpha value is -7.42. The normalized spacial score (nSPS) is 15.7. The molecule has 2 heteroatoms. The lowest BCUT2D eigenvalue weighted by Gasteiger charge is -2.34. The average Bonchev–Trinajstić information content (AvgIpc) is 3.91. The molecule has 0 saturated heterocycles. The van der Waals surface area contributed by atoms with Gasteiger partial charge in [0.25, 0.3) is 0 Å². The predicted octanol–water partition coefficient (Wildman–Crippen LogP) is 15.4. The Morgan fingerprint density at radius 2 is 0.950 bits per heavy atom. The summed E-state index contributed by atoms with van der Waals surface area (Å²) in [5.41, 5.74) is 19.6. The van der Waals surface area contributed by atoms with Crippen LogP contribution < -0.4 is 4.90 Å². The molecule has 0 N–H and O–H groups in total. The van der Waals surface area contributed by atoms with E-state index in [0.717, 1.165) is 39.0 Å². The first-order valence-electron chi connectivity index (χ1n) is 20.9. The van der Waals surface area contributed by atoms with Gasteiger partial charge in [0.15, 0.2) is 0 Å². The van der Waals surface area contributed by atoms with E-state index in [-0.39, 0.29) is 5.41 Å². The molecule has 0 bridgehead atoms. The van der Waals surface area contributed by atoms with Gasteiger partial charge in [-0.1, -0.05) is 184 Å². The van der Waals surface area contributed by atoms with Crippen molar-refractivity contribution in [2.24, 2.45) is 0 Å². The standard InChI is InChI=1S/C58H41NO/c1-57(2)50-22-12-9-19-45(50)46-34-33-44(37-53(46)57)59(42-29-25-39(26-30-42)38-15-5-3-6-16-38)43-31-27-41(28-32-43)58(40-17-7-4-8-18-40)51-23-13-10-21-49(51)55-52(58)36-35-48-47-20-11-14-24-54(47)60-56(48)55/h3-37H,1-2H3. The molecule has 1 atom stereocenters. The summed E-state index contributed by atoms with van der Waals surface area (Å²) in [6.07, 6.45) is 0. The molecule has 0 aliphatic heterocycles. The minimum absolute atomic E-state index is 0.120. The fourth-order valence-electron chi connectivity index (χ4n) is 10.6. The van der Waals surface area contributed by atoms with E-state index in [1.54, 1.807) is 0 Å². The Kier molecular flexibility index (Phi) is 7.52. The monoisotopic (exact) mass is 767 g/mol. The fourth-order valence-corrected chi connectivity index (χ4v) is 10.6. The summed E-state index contributed by atoms with van der Waals surface area (Å²) >= 11 is 0. The molecule has 12 rings (SSSR count). The molecule has 60 heavy (non-hydrogen) atoms. The van der Waals surface area contributed by atoms with Gasteiger partial charge < -0.3 is 9.32 Å². The van der Waals surface area contributed by atoms with Gasteiger partial charge in [-0.05, 0) is 104 Å². The number of anilines is 3. The molecular weight excluding hydrogens is 727 g/mol. The Bertz CT molecular complexity index is 3270. The van der Waals surface area contributed by atoms with Crippen LogP contribution in [0.15, 0.2) is 217 Å². The first-order valence-corrected chi connectivity index (χ1v) is 20.9. The van der Waals surface area contributed by atoms with Crippen molar-refractivity contribution in [1.29, 1.82) is 0 Å². The van der Waals surface area contributed by atoms with Gasteiger partial charge in [0, 0.05) is 38.8 Å². The number of benzene rings is 9. The second kappa shape index (κ2) is 13.0. The summed E-state index contributed by atoms with van der Waals surface area (Å²) in [6, 6.07) is 77.9. The Morgan fingerprint density at radius 1 is 0.383 bits per heavy atom. The van der Waals surface area contributed by atoms with Crippen LogP contribution in [0.25, 0.3) is 55.3 Å². The lowest BCUT2D eigenvalue weighted by Crippen LogP contribution is -2.28. The van der Waals surface area contributed by atoms with Crippen molar-refractivity contribution in [3.05, 3.63) is 246 Å². The highest BCUT2D eigenvalue weighted by atomic mass is 16.3. The van der Waals surface area contributed by atoms with Crippen LogP contribution in [-0.4, -0.2) is 0 Å². The van der Waals surface area contributed by atoms with Crippen LogP contribution in [0.2, 0.25) is 0 Å². The Labute approximate surface area is 350 Å². The van der Waals surface area contributed by atoms with E-state index in [4.69, 9.17) is 4.42 Å². The van der Waals surface area contributed by atoms with Gasteiger partial charge in [-0.15, -0.1) is 0 Å². The third-order valence-electron chi connectivity index (χ3n) is 13.4. The van der Waals surface area contributed by atoms with Gasteiger partial charge in [0.05, 0.1) is 5.41 Å². The van der Waals surface area contributed by atoms with E-state index in [1.165, 1.54) is 66.8 Å². The van der Waals surface area contributed by atoms with Gasteiger partial charge in [0.2, 0.25) is 0 Å². The smallest absolute Gasteiger partial charge is 0.143 e. The number of furan rings is 1. The summed E-state index contributed by atoms with van der Waals surface area (Å²) in [5, 5.41) is 2.29. The molecule has 9 aromatic carbocycles. The zero-order valence-electron chi connectivity index (χ0n) is 33.6. The van der Waals surface area contributed by atoms with E-state index >= 15 is 0 Å². The molecule has 0 radical (unpaired) electrons. The second-order valence-corrected chi connectivity index (χ2v) is 16.8. The van der Waals surface area contributed by atoms with Crippen LogP contribution >= 0.6 is 0 Å². The first-order chi connectivity index (χ1) is 29.5. The van der Waals surface area contributed by atoms with E-state index in [2.05, 4.69) is 231 Å². The molecule has 2 aliphatic rings. The summed E-state index contributed by atoms with van der Waals surface area (Å²) in [5.74, 6) is 0. The molecule has 1 unspecified atom stereocenters. The highest BCUT2D eigenvalue weighted by Crippen LogP contribution is 2.59. The second-order valence-electron chi connectivity index (χ2n) is 16.8. The van der Waals surface area contributed by atoms with Crippen LogP contribution in [0, 0.1) is 0 Å². The highest BCUT2D eigenvalue weighted by Gasteiger charge is 2.47. The third kappa shape index (κ3) is 4.88. The van der Waals surface area contributed by atoms with E-state index in [9.17, 15) is 0 Å². The van der Waals surface area contributed by atoms with Crippen molar-refractivity contribution in [3.8, 4) is 33.4 Å². The molecule has 10 aromatic rings. The lowest BCUT2D eigenvalue weighted by molar-refractivity contribution is 0.660. The van der Waals surface area contributed by atoms with Crippen LogP contribution in [0.4, 0.5) is 17.1 Å². The minimum Gasteiger partial charge on any atom is -0.455 e. The van der Waals surface area contributed by atoms with Crippen molar-refractivity contribution in [3.63, 3.8) is 0 Å². The summed E-state index contributed by atoms with van der Waals surface area (Å²) in [4.78, 5) is 2.42. The SMILES string of the molecule is CC1(C)c2ccccc2-c2ccc(N(c3ccc(-c4ccccc4)cc3)c3ccc(C4(c5ccccc5)c5ccccc5-c5c4ccc4c5oc5ccccc54)cc3)cc21. The minimum atomic E-state index is -0.565. The Balaban J connectivity index is 1.05. The average molecular weight is 768 g/mol. The van der Waals surface area contributed by atoms with E-state index < -0.39 is 5.41 Å². The summed E-state index contributed by atoms with van der Waals surface area (Å²) < 4.78 is 6.76. The van der Waals surface area contributed by atoms with Gasteiger partial charge >= 0.3 is 0 Å². The summed E-state index contributed by atoms with van der Waals surface area (Å²) in [7, 11) is 0. The van der Waals surface area contributed by atoms with E-state index in [1.807, 2.05) is 0 Å². The molecule has 2 nitrogen and oxygen atoms in total. The van der Waals surface area contributed by atoms with Crippen LogP contribution in [-0.2, 0) is 10.8 Å². The quantitative estimate of drug-likeness (QED) is 0.168.